The first-order valence-electron chi connectivity index (χ1n) is 6.56. The number of nitrogens with two attached hydrogens (primary N) is 1. The highest BCUT2D eigenvalue weighted by Gasteiger charge is 2.29. The molecule has 0 saturated carbocycles. The Hall–Kier alpha value is -0.660. The van der Waals surface area contributed by atoms with E-state index >= 15 is 0 Å². The Morgan fingerprint density at radius 3 is 2.85 bits per heavy atom. The number of halogens is 1. The maximum atomic E-state index is 12.4. The maximum absolute atomic E-state index is 12.4. The van der Waals surface area contributed by atoms with Gasteiger partial charge in [0.25, 0.3) is 0 Å². The molecular weight excluding hydrogens is 300 g/mol. The van der Waals surface area contributed by atoms with Crippen molar-refractivity contribution in [1.82, 2.24) is 4.31 Å². The molecule has 7 heteroatoms. The van der Waals surface area contributed by atoms with Crippen molar-refractivity contribution in [1.29, 1.82) is 0 Å². The third kappa shape index (κ3) is 3.93. The number of benzene rings is 1. The SMILES string of the molecule is NCCC1CN(S(=O)(=O)Cc2ccccc2Cl)CCO1. The highest BCUT2D eigenvalue weighted by molar-refractivity contribution is 7.88. The molecule has 0 aromatic heterocycles. The highest BCUT2D eigenvalue weighted by atomic mass is 35.5. The van der Waals surface area contributed by atoms with Gasteiger partial charge in [-0.05, 0) is 24.6 Å². The van der Waals surface area contributed by atoms with Crippen LogP contribution in [0.1, 0.15) is 12.0 Å². The third-order valence-electron chi connectivity index (χ3n) is 3.28. The molecule has 0 aliphatic carbocycles. The van der Waals surface area contributed by atoms with E-state index in [4.69, 9.17) is 22.1 Å². The molecule has 1 aromatic rings. The Labute approximate surface area is 124 Å². The zero-order valence-corrected chi connectivity index (χ0v) is 12.7. The monoisotopic (exact) mass is 318 g/mol. The normalized spacial score (nSPS) is 21.0. The van der Waals surface area contributed by atoms with Crippen LogP contribution < -0.4 is 5.73 Å². The van der Waals surface area contributed by atoms with Crippen LogP contribution in [0.2, 0.25) is 5.02 Å². The van der Waals surface area contributed by atoms with Crippen LogP contribution in [0, 0.1) is 0 Å². The molecule has 0 spiro atoms. The summed E-state index contributed by atoms with van der Waals surface area (Å²) in [6.07, 6.45) is 0.549. The summed E-state index contributed by atoms with van der Waals surface area (Å²) < 4.78 is 31.9. The van der Waals surface area contributed by atoms with Crippen molar-refractivity contribution in [2.45, 2.75) is 18.3 Å². The molecule has 1 unspecified atom stereocenters. The van der Waals surface area contributed by atoms with Gasteiger partial charge in [-0.15, -0.1) is 0 Å². The average Bonchev–Trinajstić information content (AvgIpc) is 2.42. The van der Waals surface area contributed by atoms with E-state index in [0.717, 1.165) is 0 Å². The number of hydrogen-bond donors (Lipinski definition) is 1. The first-order chi connectivity index (χ1) is 9.53. The van der Waals surface area contributed by atoms with E-state index in [1.807, 2.05) is 0 Å². The minimum absolute atomic E-state index is 0.0813. The summed E-state index contributed by atoms with van der Waals surface area (Å²) in [5, 5.41) is 0.475. The van der Waals surface area contributed by atoms with Gasteiger partial charge in [-0.3, -0.25) is 0 Å². The van der Waals surface area contributed by atoms with Gasteiger partial charge in [0.15, 0.2) is 0 Å². The van der Waals surface area contributed by atoms with E-state index in [9.17, 15) is 8.42 Å². The fourth-order valence-corrected chi connectivity index (χ4v) is 4.06. The molecule has 1 aromatic carbocycles. The number of sulfonamides is 1. The summed E-state index contributed by atoms with van der Waals surface area (Å²) in [6.45, 7) is 1.65. The summed E-state index contributed by atoms with van der Waals surface area (Å²) in [5.74, 6) is -0.0813. The Morgan fingerprint density at radius 1 is 1.40 bits per heavy atom. The van der Waals surface area contributed by atoms with Gasteiger partial charge in [0.1, 0.15) is 0 Å². The summed E-state index contributed by atoms with van der Waals surface area (Å²) in [5.41, 5.74) is 6.11. The Kier molecular flexibility index (Phi) is 5.40. The number of rotatable bonds is 5. The third-order valence-corrected chi connectivity index (χ3v) is 5.44. The van der Waals surface area contributed by atoms with Crippen LogP contribution in [0.3, 0.4) is 0 Å². The van der Waals surface area contributed by atoms with Gasteiger partial charge < -0.3 is 10.5 Å². The molecule has 0 radical (unpaired) electrons. The van der Waals surface area contributed by atoms with Crippen LogP contribution in [0.5, 0.6) is 0 Å². The minimum atomic E-state index is -3.38. The van der Waals surface area contributed by atoms with Crippen LogP contribution >= 0.6 is 11.6 Å². The molecule has 0 bridgehead atoms. The molecule has 0 amide bonds. The number of morpholine rings is 1. The molecule has 1 aliphatic rings. The summed E-state index contributed by atoms with van der Waals surface area (Å²) >= 11 is 6.02. The van der Waals surface area contributed by atoms with Crippen molar-refractivity contribution < 1.29 is 13.2 Å². The molecule has 112 valence electrons. The fourth-order valence-electron chi connectivity index (χ4n) is 2.21. The number of hydrogen-bond acceptors (Lipinski definition) is 4. The Balaban J connectivity index is 2.08. The minimum Gasteiger partial charge on any atom is -0.375 e. The van der Waals surface area contributed by atoms with E-state index in [-0.39, 0.29) is 11.9 Å². The van der Waals surface area contributed by atoms with E-state index < -0.39 is 10.0 Å². The average molecular weight is 319 g/mol. The van der Waals surface area contributed by atoms with Crippen LogP contribution in [0.15, 0.2) is 24.3 Å². The van der Waals surface area contributed by atoms with E-state index in [0.29, 0.717) is 43.2 Å². The Bertz CT molecular complexity index is 548. The zero-order valence-electron chi connectivity index (χ0n) is 11.2. The van der Waals surface area contributed by atoms with Gasteiger partial charge in [0.2, 0.25) is 10.0 Å². The first kappa shape index (κ1) is 15.7. The molecule has 1 fully saturated rings. The topological polar surface area (TPSA) is 72.6 Å². The summed E-state index contributed by atoms with van der Waals surface area (Å²) in [6, 6.07) is 7.00. The second-order valence-electron chi connectivity index (χ2n) is 4.78. The first-order valence-corrected chi connectivity index (χ1v) is 8.54. The largest absolute Gasteiger partial charge is 0.375 e. The van der Waals surface area contributed by atoms with E-state index in [1.165, 1.54) is 4.31 Å². The van der Waals surface area contributed by atoms with E-state index in [1.54, 1.807) is 24.3 Å². The van der Waals surface area contributed by atoms with Gasteiger partial charge >= 0.3 is 0 Å². The predicted octanol–water partition coefficient (Wildman–Crippen LogP) is 1.22. The van der Waals surface area contributed by atoms with Crippen molar-refractivity contribution in [2.75, 3.05) is 26.2 Å². The molecule has 1 aliphatic heterocycles. The van der Waals surface area contributed by atoms with Gasteiger partial charge in [0, 0.05) is 18.1 Å². The quantitative estimate of drug-likeness (QED) is 0.886. The van der Waals surface area contributed by atoms with Crippen LogP contribution in [0.4, 0.5) is 0 Å². The van der Waals surface area contributed by atoms with Crippen LogP contribution in [-0.4, -0.2) is 45.1 Å². The van der Waals surface area contributed by atoms with E-state index in [2.05, 4.69) is 0 Å². The van der Waals surface area contributed by atoms with Crippen molar-refractivity contribution in [2.24, 2.45) is 5.73 Å². The molecular formula is C13H19ClN2O3S. The molecule has 1 saturated heterocycles. The van der Waals surface area contributed by atoms with Gasteiger partial charge in [-0.2, -0.15) is 4.31 Å². The summed E-state index contributed by atoms with van der Waals surface area (Å²) in [7, 11) is -3.38. The predicted molar refractivity (Wildman–Crippen MR) is 79.1 cm³/mol. The molecule has 5 nitrogen and oxygen atoms in total. The molecule has 2 N–H and O–H groups in total. The van der Waals surface area contributed by atoms with Crippen LogP contribution in [0.25, 0.3) is 0 Å². The lowest BCUT2D eigenvalue weighted by atomic mass is 10.2. The maximum Gasteiger partial charge on any atom is 0.218 e. The number of ether oxygens (including phenoxy) is 1. The highest BCUT2D eigenvalue weighted by Crippen LogP contribution is 2.21. The number of nitrogens with zero attached hydrogens (tertiary/aromatic N) is 1. The lowest BCUT2D eigenvalue weighted by Crippen LogP contribution is -2.46. The second kappa shape index (κ2) is 6.87. The molecule has 20 heavy (non-hydrogen) atoms. The van der Waals surface area contributed by atoms with Crippen molar-refractivity contribution in [3.63, 3.8) is 0 Å². The van der Waals surface area contributed by atoms with Gasteiger partial charge in [-0.1, -0.05) is 29.8 Å². The van der Waals surface area contributed by atoms with Crippen molar-refractivity contribution in [3.8, 4) is 0 Å². The Morgan fingerprint density at radius 2 is 2.15 bits per heavy atom. The fraction of sp³-hybridized carbons (Fsp3) is 0.538. The zero-order chi connectivity index (χ0) is 14.6. The summed E-state index contributed by atoms with van der Waals surface area (Å²) in [4.78, 5) is 0. The molecule has 1 atom stereocenters. The standard InChI is InChI=1S/C13H19ClN2O3S/c14-13-4-2-1-3-11(13)10-20(17,18)16-7-8-19-12(9-16)5-6-15/h1-4,12H,5-10,15H2. The van der Waals surface area contributed by atoms with Crippen LogP contribution in [-0.2, 0) is 20.5 Å². The lowest BCUT2D eigenvalue weighted by Gasteiger charge is -2.32. The van der Waals surface area contributed by atoms with Crippen molar-refractivity contribution in [3.05, 3.63) is 34.9 Å². The van der Waals surface area contributed by atoms with Gasteiger partial charge in [-0.25, -0.2) is 8.42 Å². The molecule has 2 rings (SSSR count). The second-order valence-corrected chi connectivity index (χ2v) is 7.15. The lowest BCUT2D eigenvalue weighted by molar-refractivity contribution is -0.00410. The van der Waals surface area contributed by atoms with Gasteiger partial charge in [0.05, 0.1) is 18.5 Å². The van der Waals surface area contributed by atoms with Crippen molar-refractivity contribution >= 4 is 21.6 Å². The molecule has 1 heterocycles. The smallest absolute Gasteiger partial charge is 0.218 e.